The molecule has 0 bridgehead atoms. The fourth-order valence-electron chi connectivity index (χ4n) is 0.258. The SMILES string of the molecule is CCCS(=O)(=O)O.O.[Zn]. The van der Waals surface area contributed by atoms with E-state index in [1.165, 1.54) is 0 Å². The molecule has 0 rings (SSSR count). The first-order chi connectivity index (χ1) is 3.06. The first-order valence-corrected chi connectivity index (χ1v) is 3.62. The van der Waals surface area contributed by atoms with E-state index in [0.717, 1.165) is 0 Å². The molecule has 0 saturated heterocycles. The molecule has 0 aromatic carbocycles. The van der Waals surface area contributed by atoms with Crippen LogP contribution in [-0.2, 0) is 29.6 Å². The smallest absolute Gasteiger partial charge is 0.264 e. The van der Waals surface area contributed by atoms with E-state index in [1.807, 2.05) is 0 Å². The van der Waals surface area contributed by atoms with Crippen molar-refractivity contribution in [1.82, 2.24) is 0 Å². The van der Waals surface area contributed by atoms with Gasteiger partial charge in [-0.25, -0.2) is 0 Å². The molecule has 54 valence electrons. The molecule has 0 unspecified atom stereocenters. The summed E-state index contributed by atoms with van der Waals surface area (Å²) in [5.41, 5.74) is 0. The summed E-state index contributed by atoms with van der Waals surface area (Å²) in [6.45, 7) is 1.69. The van der Waals surface area contributed by atoms with Gasteiger partial charge in [-0.1, -0.05) is 6.92 Å². The van der Waals surface area contributed by atoms with Gasteiger partial charge in [-0.3, -0.25) is 4.55 Å². The summed E-state index contributed by atoms with van der Waals surface area (Å²) in [4.78, 5) is 0. The van der Waals surface area contributed by atoms with Gasteiger partial charge in [0.2, 0.25) is 0 Å². The molecule has 0 spiro atoms. The third kappa shape index (κ3) is 17.7. The minimum atomic E-state index is -3.67. The second-order valence-electron chi connectivity index (χ2n) is 1.29. The second kappa shape index (κ2) is 6.61. The molecule has 0 radical (unpaired) electrons. The summed E-state index contributed by atoms with van der Waals surface area (Å²) >= 11 is 0. The van der Waals surface area contributed by atoms with Crippen LogP contribution in [0.4, 0.5) is 0 Å². The second-order valence-corrected chi connectivity index (χ2v) is 2.86. The Morgan fingerprint density at radius 2 is 1.78 bits per heavy atom. The van der Waals surface area contributed by atoms with Crippen LogP contribution < -0.4 is 0 Å². The van der Waals surface area contributed by atoms with Gasteiger partial charge in [0.25, 0.3) is 10.1 Å². The molecule has 6 heteroatoms. The summed E-state index contributed by atoms with van der Waals surface area (Å²) in [5.74, 6) is -0.132. The zero-order valence-electron chi connectivity index (χ0n) is 5.29. The standard InChI is InChI=1S/C3H8O3S.H2O.Zn/c1-2-3-7(4,5)6;;/h2-3H2,1H3,(H,4,5,6);1H2;. The van der Waals surface area contributed by atoms with E-state index in [4.69, 9.17) is 4.55 Å². The Morgan fingerprint density at radius 3 is 1.78 bits per heavy atom. The molecule has 0 aromatic rings. The van der Waals surface area contributed by atoms with E-state index in [1.54, 1.807) is 6.92 Å². The van der Waals surface area contributed by atoms with Gasteiger partial charge in [0, 0.05) is 19.5 Å². The van der Waals surface area contributed by atoms with Gasteiger partial charge in [-0.2, -0.15) is 8.42 Å². The molecule has 0 heterocycles. The van der Waals surface area contributed by atoms with Crippen molar-refractivity contribution in [1.29, 1.82) is 0 Å². The molecular weight excluding hydrogens is 197 g/mol. The van der Waals surface area contributed by atoms with Crippen molar-refractivity contribution in [3.05, 3.63) is 0 Å². The third-order valence-corrected chi connectivity index (χ3v) is 1.39. The van der Waals surface area contributed by atoms with Crippen molar-refractivity contribution < 1.29 is 37.9 Å². The van der Waals surface area contributed by atoms with Crippen molar-refractivity contribution in [3.63, 3.8) is 0 Å². The molecule has 0 aliphatic carbocycles. The maximum Gasteiger partial charge on any atom is 0.264 e. The first-order valence-electron chi connectivity index (χ1n) is 2.01. The number of hydrogen-bond acceptors (Lipinski definition) is 2. The molecule has 0 fully saturated rings. The molecule has 3 N–H and O–H groups in total. The quantitative estimate of drug-likeness (QED) is 0.487. The summed E-state index contributed by atoms with van der Waals surface area (Å²) in [7, 11) is -3.67. The molecule has 0 saturated carbocycles. The first kappa shape index (κ1) is 16.2. The van der Waals surface area contributed by atoms with E-state index >= 15 is 0 Å². The fraction of sp³-hybridized carbons (Fsp3) is 1.00. The van der Waals surface area contributed by atoms with Crippen LogP contribution in [0.2, 0.25) is 0 Å². The normalized spacial score (nSPS) is 9.11. The summed E-state index contributed by atoms with van der Waals surface area (Å²) in [6.07, 6.45) is 0.471. The topological polar surface area (TPSA) is 85.9 Å². The van der Waals surface area contributed by atoms with E-state index in [2.05, 4.69) is 0 Å². The maximum absolute atomic E-state index is 9.79. The van der Waals surface area contributed by atoms with Crippen LogP contribution in [-0.4, -0.2) is 24.2 Å². The van der Waals surface area contributed by atoms with Crippen LogP contribution in [0.5, 0.6) is 0 Å². The van der Waals surface area contributed by atoms with Crippen LogP contribution >= 0.6 is 0 Å². The van der Waals surface area contributed by atoms with Crippen LogP contribution in [0.1, 0.15) is 13.3 Å². The maximum atomic E-state index is 9.79. The van der Waals surface area contributed by atoms with Crippen molar-refractivity contribution >= 4 is 10.1 Å². The summed E-state index contributed by atoms with van der Waals surface area (Å²) in [6, 6.07) is 0. The molecule has 0 amide bonds. The van der Waals surface area contributed by atoms with Crippen LogP contribution in [0.3, 0.4) is 0 Å². The largest absolute Gasteiger partial charge is 0.412 e. The predicted molar refractivity (Wildman–Crippen MR) is 30.3 cm³/mol. The number of hydrogen-bond donors (Lipinski definition) is 1. The Balaban J connectivity index is -0.000000180. The van der Waals surface area contributed by atoms with E-state index in [9.17, 15) is 8.42 Å². The zero-order chi connectivity index (χ0) is 5.91. The minimum Gasteiger partial charge on any atom is -0.412 e. The molecule has 9 heavy (non-hydrogen) atoms. The Labute approximate surface area is 67.5 Å². The van der Waals surface area contributed by atoms with Gasteiger partial charge in [0.1, 0.15) is 0 Å². The Kier molecular flexibility index (Phi) is 11.9. The van der Waals surface area contributed by atoms with Crippen LogP contribution in [0, 0.1) is 0 Å². The summed E-state index contributed by atoms with van der Waals surface area (Å²) in [5, 5.41) is 0. The Hall–Kier alpha value is 0.493. The van der Waals surface area contributed by atoms with Crippen molar-refractivity contribution in [3.8, 4) is 0 Å². The Bertz CT molecular complexity index is 129. The number of rotatable bonds is 2. The molecule has 0 aliphatic heterocycles. The molecular formula is C3H10O4SZn. The van der Waals surface area contributed by atoms with Crippen molar-refractivity contribution in [2.45, 2.75) is 13.3 Å². The van der Waals surface area contributed by atoms with Gasteiger partial charge in [0.05, 0.1) is 5.75 Å². The van der Waals surface area contributed by atoms with Gasteiger partial charge < -0.3 is 5.48 Å². The zero-order valence-corrected chi connectivity index (χ0v) is 9.08. The third-order valence-electron chi connectivity index (χ3n) is 0.462. The van der Waals surface area contributed by atoms with Crippen LogP contribution in [0.25, 0.3) is 0 Å². The fourth-order valence-corrected chi connectivity index (χ4v) is 0.774. The molecule has 0 aromatic heterocycles. The van der Waals surface area contributed by atoms with Gasteiger partial charge >= 0.3 is 0 Å². The van der Waals surface area contributed by atoms with Crippen molar-refractivity contribution in [2.75, 3.05) is 5.75 Å². The monoisotopic (exact) mass is 206 g/mol. The molecule has 4 nitrogen and oxygen atoms in total. The van der Waals surface area contributed by atoms with Gasteiger partial charge in [0.15, 0.2) is 0 Å². The average molecular weight is 208 g/mol. The Morgan fingerprint density at radius 1 is 1.44 bits per heavy atom. The van der Waals surface area contributed by atoms with E-state index in [-0.39, 0.29) is 30.7 Å². The van der Waals surface area contributed by atoms with Gasteiger partial charge in [-0.15, -0.1) is 0 Å². The minimum absolute atomic E-state index is 0. The summed E-state index contributed by atoms with van der Waals surface area (Å²) < 4.78 is 27.6. The predicted octanol–water partition coefficient (Wildman–Crippen LogP) is -0.543. The molecule has 0 atom stereocenters. The van der Waals surface area contributed by atoms with Crippen LogP contribution in [0.15, 0.2) is 0 Å². The van der Waals surface area contributed by atoms with Crippen molar-refractivity contribution in [2.24, 2.45) is 0 Å². The molecule has 0 aliphatic rings. The van der Waals surface area contributed by atoms with Gasteiger partial charge in [-0.05, 0) is 6.42 Å². The van der Waals surface area contributed by atoms with E-state index in [0.29, 0.717) is 6.42 Å². The van der Waals surface area contributed by atoms with E-state index < -0.39 is 10.1 Å². The average Bonchev–Trinajstić information content (AvgIpc) is 1.30.